The maximum absolute atomic E-state index is 12.6. The van der Waals surface area contributed by atoms with Crippen LogP contribution in [-0.4, -0.2) is 97.5 Å². The van der Waals surface area contributed by atoms with E-state index in [1.54, 1.807) is 0 Å². The van der Waals surface area contributed by atoms with Crippen molar-refractivity contribution in [3.8, 4) is 0 Å². The number of hydrogen-bond donors (Lipinski definition) is 4. The topological polar surface area (TPSA) is 178 Å². The number of aliphatic hydroxyl groups is 3. The van der Waals surface area contributed by atoms with Gasteiger partial charge in [-0.3, -0.25) is 9.35 Å². The first-order valence-corrected chi connectivity index (χ1v) is 24.1. The third kappa shape index (κ3) is 30.4. The van der Waals surface area contributed by atoms with Crippen LogP contribution >= 0.6 is 0 Å². The van der Waals surface area contributed by atoms with Crippen LogP contribution in [0.15, 0.2) is 36.5 Å². The van der Waals surface area contributed by atoms with Crippen molar-refractivity contribution in [2.75, 3.05) is 26.4 Å². The summed E-state index contributed by atoms with van der Waals surface area (Å²) in [5, 5.41) is 30.5. The van der Waals surface area contributed by atoms with E-state index in [1.165, 1.54) is 96.3 Å². The Morgan fingerprint density at radius 2 is 1.14 bits per heavy atom. The Morgan fingerprint density at radius 1 is 0.655 bits per heavy atom. The molecule has 1 aliphatic heterocycles. The normalized spacial score (nSPS) is 20.8. The molecule has 0 aliphatic carbocycles. The molecule has 12 nitrogen and oxygen atoms in total. The lowest BCUT2D eigenvalue weighted by molar-refractivity contribution is -0.301. The molecule has 4 N–H and O–H groups in total. The third-order valence-corrected chi connectivity index (χ3v) is 10.7. The number of rotatable bonds is 39. The summed E-state index contributed by atoms with van der Waals surface area (Å²) in [7, 11) is -5.05. The van der Waals surface area contributed by atoms with Crippen molar-refractivity contribution in [1.29, 1.82) is 0 Å². The van der Waals surface area contributed by atoms with Crippen LogP contribution in [0.3, 0.4) is 0 Å². The zero-order valence-electron chi connectivity index (χ0n) is 36.1. The molecule has 0 bridgehead atoms. The predicted molar refractivity (Wildman–Crippen MR) is 230 cm³/mol. The Kier molecular flexibility index (Phi) is 34.8. The Balaban J connectivity index is 2.21. The highest BCUT2D eigenvalue weighted by atomic mass is 32.3. The quantitative estimate of drug-likeness (QED) is 0.0200. The van der Waals surface area contributed by atoms with Crippen molar-refractivity contribution in [2.24, 2.45) is 0 Å². The maximum Gasteiger partial charge on any atom is 0.397 e. The van der Waals surface area contributed by atoms with Gasteiger partial charge in [0, 0.05) is 13.0 Å². The smallest absolute Gasteiger partial charge is 0.397 e. The molecule has 13 heteroatoms. The van der Waals surface area contributed by atoms with Gasteiger partial charge in [-0.1, -0.05) is 159 Å². The molecule has 0 spiro atoms. The summed E-state index contributed by atoms with van der Waals surface area (Å²) in [6.07, 6.45) is 33.9. The van der Waals surface area contributed by atoms with Gasteiger partial charge in [-0.05, 0) is 51.4 Å². The first-order valence-electron chi connectivity index (χ1n) is 22.7. The van der Waals surface area contributed by atoms with E-state index in [0.29, 0.717) is 13.0 Å². The summed E-state index contributed by atoms with van der Waals surface area (Å²) in [5.41, 5.74) is 0. The van der Waals surface area contributed by atoms with Crippen LogP contribution in [0.1, 0.15) is 181 Å². The van der Waals surface area contributed by atoms with Crippen molar-refractivity contribution < 1.29 is 56.2 Å². The largest absolute Gasteiger partial charge is 0.457 e. The minimum absolute atomic E-state index is 0.0342. The van der Waals surface area contributed by atoms with E-state index < -0.39 is 59.8 Å². The molecule has 1 heterocycles. The summed E-state index contributed by atoms with van der Waals surface area (Å²) < 4.78 is 58.7. The zero-order valence-corrected chi connectivity index (χ0v) is 36.9. The van der Waals surface area contributed by atoms with E-state index in [0.717, 1.165) is 57.8 Å². The molecule has 58 heavy (non-hydrogen) atoms. The van der Waals surface area contributed by atoms with Gasteiger partial charge in [-0.15, -0.1) is 0 Å². The van der Waals surface area contributed by atoms with Crippen LogP contribution in [0.2, 0.25) is 0 Å². The monoisotopic (exact) mass is 847 g/mol. The summed E-state index contributed by atoms with van der Waals surface area (Å²) in [5.74, 6) is -0.413. The molecular formula is C45H82O12S. The number of unbranched alkanes of at least 4 members (excludes halogenated alkanes) is 20. The number of carbonyl (C=O) groups excluding carboxylic acids is 1. The van der Waals surface area contributed by atoms with Gasteiger partial charge >= 0.3 is 16.4 Å². The number of ether oxygens (including phenoxy) is 4. The second kappa shape index (κ2) is 37.1. The highest BCUT2D eigenvalue weighted by Crippen LogP contribution is 2.26. The first-order chi connectivity index (χ1) is 28.1. The molecule has 1 fully saturated rings. The Hall–Kier alpha value is -1.68. The van der Waals surface area contributed by atoms with Gasteiger partial charge in [-0.2, -0.15) is 8.42 Å². The number of esters is 1. The van der Waals surface area contributed by atoms with Gasteiger partial charge in [-0.25, -0.2) is 4.18 Å². The summed E-state index contributed by atoms with van der Waals surface area (Å²) >= 11 is 0. The van der Waals surface area contributed by atoms with Crippen LogP contribution in [0.25, 0.3) is 0 Å². The molecule has 1 rings (SSSR count). The van der Waals surface area contributed by atoms with Gasteiger partial charge in [0.1, 0.15) is 30.5 Å². The van der Waals surface area contributed by atoms with E-state index in [-0.39, 0.29) is 19.6 Å². The van der Waals surface area contributed by atoms with Crippen LogP contribution in [0, 0.1) is 0 Å². The van der Waals surface area contributed by atoms with E-state index in [4.69, 9.17) is 23.5 Å². The molecule has 1 aliphatic rings. The lowest BCUT2D eigenvalue weighted by atomic mass is 9.99. The fourth-order valence-corrected chi connectivity index (χ4v) is 7.30. The Bertz CT molecular complexity index is 1160. The Morgan fingerprint density at radius 3 is 1.66 bits per heavy atom. The van der Waals surface area contributed by atoms with Crippen LogP contribution in [-0.2, 0) is 38.3 Å². The van der Waals surface area contributed by atoms with E-state index in [1.807, 2.05) is 0 Å². The van der Waals surface area contributed by atoms with Crippen LogP contribution in [0.4, 0.5) is 0 Å². The molecule has 6 atom stereocenters. The molecule has 0 saturated carbocycles. The van der Waals surface area contributed by atoms with Crippen molar-refractivity contribution in [3.05, 3.63) is 36.5 Å². The first kappa shape index (κ1) is 54.3. The summed E-state index contributed by atoms with van der Waals surface area (Å²) in [4.78, 5) is 12.6. The van der Waals surface area contributed by atoms with Gasteiger partial charge < -0.3 is 34.3 Å². The van der Waals surface area contributed by atoms with Gasteiger partial charge in [0.25, 0.3) is 0 Å². The lowest BCUT2D eigenvalue weighted by Gasteiger charge is -2.41. The number of carbonyl (C=O) groups is 1. The van der Waals surface area contributed by atoms with Gasteiger partial charge in [0.2, 0.25) is 0 Å². The van der Waals surface area contributed by atoms with E-state index >= 15 is 0 Å². The van der Waals surface area contributed by atoms with Crippen LogP contribution < -0.4 is 0 Å². The maximum atomic E-state index is 12.6. The lowest BCUT2D eigenvalue weighted by Crippen LogP contribution is -2.60. The van der Waals surface area contributed by atoms with Gasteiger partial charge in [0.05, 0.1) is 19.8 Å². The van der Waals surface area contributed by atoms with Gasteiger partial charge in [0.15, 0.2) is 6.29 Å². The molecule has 0 aromatic rings. The second-order valence-corrected chi connectivity index (χ2v) is 16.7. The summed E-state index contributed by atoms with van der Waals surface area (Å²) in [6, 6.07) is 0. The molecule has 0 radical (unpaired) electrons. The predicted octanol–water partition coefficient (Wildman–Crippen LogP) is 9.41. The SMILES string of the molecule is CCCCCCC/C=C\C/C=C\C/C=C\CCCCCCCCCCCCCOCC(COC1OC(CO)C(O)C(OS(=O)(=O)O)C1O)OC(=O)CCCCCCC. The average molecular weight is 847 g/mol. The molecule has 1 saturated heterocycles. The highest BCUT2D eigenvalue weighted by Gasteiger charge is 2.48. The van der Waals surface area contributed by atoms with Crippen LogP contribution in [0.5, 0.6) is 0 Å². The van der Waals surface area contributed by atoms with Crippen molar-refractivity contribution in [1.82, 2.24) is 0 Å². The van der Waals surface area contributed by atoms with E-state index in [2.05, 4.69) is 54.5 Å². The number of allylic oxidation sites excluding steroid dienone is 6. The molecule has 340 valence electrons. The standard InChI is InChI=1S/C45H82O12S/c1-3-5-7-9-10-11-12-13-14-15-16-17-18-19-20-21-22-23-24-25-26-27-28-29-31-33-35-53-37-39(55-41(47)34-32-30-8-6-4-2)38-54-45-43(49)44(57-58(50,51)52)42(48)40(36-46)56-45/h12-13,15-16,18-19,39-40,42-46,48-49H,3-11,14,17,20-38H2,1-2H3,(H,50,51,52)/b13-12-,16-15-,19-18-. The average Bonchev–Trinajstić information content (AvgIpc) is 3.19. The summed E-state index contributed by atoms with van der Waals surface area (Å²) in [6.45, 7) is 3.86. The van der Waals surface area contributed by atoms with Crippen molar-refractivity contribution in [3.63, 3.8) is 0 Å². The molecule has 6 unspecified atom stereocenters. The fraction of sp³-hybridized carbons (Fsp3) is 0.844. The molecular weight excluding hydrogens is 765 g/mol. The second-order valence-electron chi connectivity index (χ2n) is 15.6. The fourth-order valence-electron chi connectivity index (χ4n) is 6.80. The Labute approximate surface area is 352 Å². The number of aliphatic hydroxyl groups excluding tert-OH is 3. The molecule has 0 aromatic heterocycles. The molecule has 0 aromatic carbocycles. The minimum Gasteiger partial charge on any atom is -0.457 e. The van der Waals surface area contributed by atoms with Crippen molar-refractivity contribution >= 4 is 16.4 Å². The zero-order chi connectivity index (χ0) is 42.5. The molecule has 0 amide bonds. The number of hydrogen-bond acceptors (Lipinski definition) is 11. The minimum atomic E-state index is -5.05. The van der Waals surface area contributed by atoms with Crippen molar-refractivity contribution in [2.45, 2.75) is 218 Å². The van der Waals surface area contributed by atoms with E-state index in [9.17, 15) is 28.5 Å². The highest BCUT2D eigenvalue weighted by molar-refractivity contribution is 7.80. The third-order valence-electron chi connectivity index (χ3n) is 10.3.